The predicted molar refractivity (Wildman–Crippen MR) is 65.6 cm³/mol. The third-order valence-electron chi connectivity index (χ3n) is 2.44. The van der Waals surface area contributed by atoms with Crippen LogP contribution in [0.1, 0.15) is 17.0 Å². The monoisotopic (exact) mass is 213 g/mol. The molecule has 1 aromatic carbocycles. The largest absolute Gasteiger partial charge is 0.388 e. The summed E-state index contributed by atoms with van der Waals surface area (Å²) in [6.07, 6.45) is 4.48. The van der Waals surface area contributed by atoms with Gasteiger partial charge in [0.25, 0.3) is 0 Å². The van der Waals surface area contributed by atoms with E-state index in [1.165, 1.54) is 5.56 Å². The Bertz CT molecular complexity index is 446. The number of hydrogen-bond donors (Lipinski definition) is 1. The molecule has 0 amide bonds. The third kappa shape index (κ3) is 2.57. The zero-order valence-electron chi connectivity index (χ0n) is 9.57. The van der Waals surface area contributed by atoms with Crippen LogP contribution in [0.4, 0.5) is 5.69 Å². The lowest BCUT2D eigenvalue weighted by molar-refractivity contribution is 0.955. The summed E-state index contributed by atoms with van der Waals surface area (Å²) >= 11 is 0. The Hall–Kier alpha value is -1.90. The molecule has 0 saturated heterocycles. The quantitative estimate of drug-likeness (QED) is 0.850. The molecule has 0 aliphatic rings. The molecule has 1 heterocycles. The van der Waals surface area contributed by atoms with E-state index in [0.29, 0.717) is 0 Å². The van der Waals surface area contributed by atoms with E-state index in [0.717, 1.165) is 23.5 Å². The first-order valence-electron chi connectivity index (χ1n) is 5.32. The van der Waals surface area contributed by atoms with E-state index in [2.05, 4.69) is 39.6 Å². The number of nitrogens with one attached hydrogen (secondary N) is 1. The summed E-state index contributed by atoms with van der Waals surface area (Å²) < 4.78 is 0. The minimum absolute atomic E-state index is 0.782. The first-order chi connectivity index (χ1) is 7.78. The first kappa shape index (κ1) is 10.6. The molecule has 0 aliphatic carbocycles. The zero-order chi connectivity index (χ0) is 11.4. The highest BCUT2D eigenvalue weighted by molar-refractivity contribution is 5.44. The number of rotatable bonds is 3. The zero-order valence-corrected chi connectivity index (χ0v) is 9.57. The molecule has 0 saturated carbocycles. The van der Waals surface area contributed by atoms with Gasteiger partial charge in [0.2, 0.25) is 0 Å². The number of aryl methyl sites for hydroxylation is 1. The Morgan fingerprint density at radius 3 is 2.25 bits per heavy atom. The lowest BCUT2D eigenvalue weighted by atomic mass is 10.1. The van der Waals surface area contributed by atoms with E-state index in [9.17, 15) is 0 Å². The van der Waals surface area contributed by atoms with Crippen molar-refractivity contribution in [2.24, 2.45) is 0 Å². The molecule has 0 radical (unpaired) electrons. The van der Waals surface area contributed by atoms with Crippen molar-refractivity contribution < 1.29 is 0 Å². The van der Waals surface area contributed by atoms with E-state index in [1.54, 1.807) is 0 Å². The van der Waals surface area contributed by atoms with Gasteiger partial charge >= 0.3 is 0 Å². The maximum absolute atomic E-state index is 4.29. The molecular weight excluding hydrogens is 198 g/mol. The molecule has 0 spiro atoms. The predicted octanol–water partition coefficient (Wildman–Crippen LogP) is 2.42. The first-order valence-corrected chi connectivity index (χ1v) is 5.32. The van der Waals surface area contributed by atoms with Gasteiger partial charge in [-0.1, -0.05) is 12.1 Å². The Morgan fingerprint density at radius 2 is 1.69 bits per heavy atom. The minimum Gasteiger partial charge on any atom is -0.388 e. The number of nitrogens with zero attached hydrogens (tertiary/aromatic N) is 2. The van der Waals surface area contributed by atoms with Gasteiger partial charge in [-0.25, -0.2) is 9.97 Å². The van der Waals surface area contributed by atoms with E-state index < -0.39 is 0 Å². The molecule has 0 fully saturated rings. The van der Waals surface area contributed by atoms with Gasteiger partial charge in [0, 0.05) is 31.5 Å². The van der Waals surface area contributed by atoms with Crippen LogP contribution in [0.3, 0.4) is 0 Å². The second kappa shape index (κ2) is 4.75. The van der Waals surface area contributed by atoms with Gasteiger partial charge in [0.1, 0.15) is 5.82 Å². The maximum Gasteiger partial charge on any atom is 0.132 e. The fourth-order valence-electron chi connectivity index (χ4n) is 1.48. The van der Waals surface area contributed by atoms with Crippen molar-refractivity contribution in [2.75, 3.05) is 12.4 Å². The van der Waals surface area contributed by atoms with Gasteiger partial charge in [-0.2, -0.15) is 0 Å². The van der Waals surface area contributed by atoms with Gasteiger partial charge in [0.15, 0.2) is 0 Å². The Balaban J connectivity index is 2.11. The molecule has 0 bridgehead atoms. The van der Waals surface area contributed by atoms with Crippen molar-refractivity contribution in [1.82, 2.24) is 9.97 Å². The summed E-state index contributed by atoms with van der Waals surface area (Å²) in [6.45, 7) is 1.99. The molecule has 0 atom stereocenters. The van der Waals surface area contributed by atoms with Crippen LogP contribution in [-0.4, -0.2) is 17.0 Å². The van der Waals surface area contributed by atoms with E-state index >= 15 is 0 Å². The molecule has 2 rings (SSSR count). The lowest BCUT2D eigenvalue weighted by Crippen LogP contribution is -1.96. The molecule has 0 aliphatic heterocycles. The van der Waals surface area contributed by atoms with Crippen molar-refractivity contribution in [3.63, 3.8) is 0 Å². The molecule has 82 valence electrons. The van der Waals surface area contributed by atoms with Gasteiger partial charge in [-0.15, -0.1) is 0 Å². The van der Waals surface area contributed by atoms with Crippen LogP contribution in [0.5, 0.6) is 0 Å². The summed E-state index contributed by atoms with van der Waals surface area (Å²) in [6, 6.07) is 8.30. The highest BCUT2D eigenvalue weighted by atomic mass is 14.9. The minimum atomic E-state index is 0.782. The summed E-state index contributed by atoms with van der Waals surface area (Å²) in [7, 11) is 1.91. The molecular formula is C13H15N3. The average Bonchev–Trinajstić information content (AvgIpc) is 2.33. The van der Waals surface area contributed by atoms with Crippen LogP contribution in [0, 0.1) is 6.92 Å². The maximum atomic E-state index is 4.29. The molecule has 16 heavy (non-hydrogen) atoms. The lowest BCUT2D eigenvalue weighted by Gasteiger charge is -2.03. The smallest absolute Gasteiger partial charge is 0.132 e. The highest BCUT2D eigenvalue weighted by Crippen LogP contribution is 2.11. The van der Waals surface area contributed by atoms with Crippen LogP contribution < -0.4 is 5.32 Å². The fraction of sp³-hybridized carbons (Fsp3) is 0.231. The fourth-order valence-corrected chi connectivity index (χ4v) is 1.48. The molecule has 1 N–H and O–H groups in total. The molecule has 2 aromatic rings. The van der Waals surface area contributed by atoms with Crippen molar-refractivity contribution in [1.29, 1.82) is 0 Å². The number of hydrogen-bond acceptors (Lipinski definition) is 3. The normalized spacial score (nSPS) is 10.1. The van der Waals surface area contributed by atoms with Crippen LogP contribution in [0.2, 0.25) is 0 Å². The van der Waals surface area contributed by atoms with Gasteiger partial charge in [-0.3, -0.25) is 0 Å². The summed E-state index contributed by atoms with van der Waals surface area (Å²) in [5.41, 5.74) is 3.44. The average molecular weight is 213 g/mol. The van der Waals surface area contributed by atoms with Gasteiger partial charge in [0.05, 0.1) is 0 Å². The summed E-state index contributed by atoms with van der Waals surface area (Å²) in [5.74, 6) is 0.864. The topological polar surface area (TPSA) is 37.8 Å². The second-order valence-electron chi connectivity index (χ2n) is 3.80. The van der Waals surface area contributed by atoms with Crippen LogP contribution in [0.25, 0.3) is 0 Å². The molecule has 0 unspecified atom stereocenters. The van der Waals surface area contributed by atoms with Crippen molar-refractivity contribution in [3.8, 4) is 0 Å². The summed E-state index contributed by atoms with van der Waals surface area (Å²) in [4.78, 5) is 8.58. The van der Waals surface area contributed by atoms with Crippen molar-refractivity contribution in [3.05, 3.63) is 53.6 Å². The molecule has 3 heteroatoms. The highest BCUT2D eigenvalue weighted by Gasteiger charge is 1.98. The third-order valence-corrected chi connectivity index (χ3v) is 2.44. The van der Waals surface area contributed by atoms with E-state index in [1.807, 2.05) is 26.4 Å². The van der Waals surface area contributed by atoms with Crippen LogP contribution in [0.15, 0.2) is 36.7 Å². The summed E-state index contributed by atoms with van der Waals surface area (Å²) in [5, 5.41) is 3.09. The number of benzene rings is 1. The second-order valence-corrected chi connectivity index (χ2v) is 3.80. The Morgan fingerprint density at radius 1 is 1.06 bits per heavy atom. The van der Waals surface area contributed by atoms with E-state index in [4.69, 9.17) is 0 Å². The van der Waals surface area contributed by atoms with Crippen molar-refractivity contribution in [2.45, 2.75) is 13.3 Å². The number of aromatic nitrogens is 2. The Labute approximate surface area is 95.6 Å². The van der Waals surface area contributed by atoms with Gasteiger partial charge < -0.3 is 5.32 Å². The number of anilines is 1. The van der Waals surface area contributed by atoms with Crippen molar-refractivity contribution >= 4 is 5.69 Å². The van der Waals surface area contributed by atoms with Crippen LogP contribution >= 0.6 is 0 Å². The van der Waals surface area contributed by atoms with E-state index in [-0.39, 0.29) is 0 Å². The SMILES string of the molecule is CNc1ccc(Cc2ncc(C)cn2)cc1. The molecule has 1 aromatic heterocycles. The molecule has 3 nitrogen and oxygen atoms in total. The standard InChI is InChI=1S/C13H15N3/c1-10-8-15-13(16-9-10)7-11-3-5-12(14-2)6-4-11/h3-6,8-9,14H,7H2,1-2H3. The van der Waals surface area contributed by atoms with Crippen LogP contribution in [-0.2, 0) is 6.42 Å². The Kier molecular flexibility index (Phi) is 3.15. The van der Waals surface area contributed by atoms with Gasteiger partial charge in [-0.05, 0) is 30.2 Å².